The summed E-state index contributed by atoms with van der Waals surface area (Å²) in [5.74, 6) is 1.59. The summed E-state index contributed by atoms with van der Waals surface area (Å²) in [5.41, 5.74) is 0. The van der Waals surface area contributed by atoms with Gasteiger partial charge < -0.3 is 14.8 Å². The van der Waals surface area contributed by atoms with Crippen molar-refractivity contribution in [2.24, 2.45) is 13.0 Å². The number of hydrogen-bond donors (Lipinski definition) is 1. The van der Waals surface area contributed by atoms with Gasteiger partial charge in [0.05, 0.1) is 6.54 Å². The van der Waals surface area contributed by atoms with E-state index in [1.165, 1.54) is 12.8 Å². The fourth-order valence-electron chi connectivity index (χ4n) is 2.92. The summed E-state index contributed by atoms with van der Waals surface area (Å²) < 4.78 is 1.94. The van der Waals surface area contributed by atoms with Gasteiger partial charge in [0.15, 0.2) is 0 Å². The Hall–Kier alpha value is -1.52. The lowest BCUT2D eigenvalue weighted by Gasteiger charge is -2.36. The van der Waals surface area contributed by atoms with Crippen LogP contribution in [-0.4, -0.2) is 33.1 Å². The number of aromatic nitrogens is 2. The third-order valence-electron chi connectivity index (χ3n) is 4.28. The number of hydrogen-bond acceptors (Lipinski definition) is 2. The monoisotopic (exact) mass is 292 g/mol. The molecule has 0 spiro atoms. The Morgan fingerprint density at radius 3 is 2.95 bits per heavy atom. The van der Waals surface area contributed by atoms with Gasteiger partial charge in [-0.05, 0) is 38.0 Å². The van der Waals surface area contributed by atoms with Gasteiger partial charge in [0, 0.05) is 32.0 Å². The number of carbonyl (C=O) groups excluding carboxylic acids is 1. The minimum absolute atomic E-state index is 0.0615. The van der Waals surface area contributed by atoms with Crippen LogP contribution in [0.2, 0.25) is 0 Å². The van der Waals surface area contributed by atoms with E-state index in [4.69, 9.17) is 0 Å². The molecular weight excluding hydrogens is 264 g/mol. The molecule has 1 aliphatic heterocycles. The number of likely N-dealkylation sites (tertiary alicyclic amines) is 1. The summed E-state index contributed by atoms with van der Waals surface area (Å²) in [4.78, 5) is 18.7. The van der Waals surface area contributed by atoms with Crippen LogP contribution in [0.1, 0.15) is 51.8 Å². The molecule has 0 aliphatic carbocycles. The SMILES string of the molecule is CC(C)CCC1CCCCN1C(=O)NCc1nccn1C. The maximum Gasteiger partial charge on any atom is 0.318 e. The molecule has 1 aromatic heterocycles. The highest BCUT2D eigenvalue weighted by Crippen LogP contribution is 2.22. The number of nitrogens with one attached hydrogen (secondary N) is 1. The fourth-order valence-corrected chi connectivity index (χ4v) is 2.92. The third kappa shape index (κ3) is 4.48. The van der Waals surface area contributed by atoms with Crippen molar-refractivity contribution in [3.8, 4) is 0 Å². The van der Waals surface area contributed by atoms with Crippen molar-refractivity contribution in [3.05, 3.63) is 18.2 Å². The Kier molecular flexibility index (Phi) is 5.65. The number of imidazole rings is 1. The van der Waals surface area contributed by atoms with E-state index >= 15 is 0 Å². The maximum absolute atomic E-state index is 12.4. The molecule has 1 fully saturated rings. The fraction of sp³-hybridized carbons (Fsp3) is 0.750. The van der Waals surface area contributed by atoms with Crippen LogP contribution in [0, 0.1) is 5.92 Å². The lowest BCUT2D eigenvalue weighted by Crippen LogP contribution is -2.48. The topological polar surface area (TPSA) is 50.2 Å². The van der Waals surface area contributed by atoms with E-state index in [2.05, 4.69) is 24.1 Å². The van der Waals surface area contributed by atoms with Crippen molar-refractivity contribution in [1.82, 2.24) is 19.8 Å². The second-order valence-electron chi connectivity index (χ2n) is 6.43. The molecule has 0 bridgehead atoms. The molecule has 1 saturated heterocycles. The first-order valence-electron chi connectivity index (χ1n) is 8.08. The van der Waals surface area contributed by atoms with Gasteiger partial charge in [-0.1, -0.05) is 13.8 Å². The van der Waals surface area contributed by atoms with Gasteiger partial charge in [0.25, 0.3) is 0 Å². The predicted molar refractivity (Wildman–Crippen MR) is 83.9 cm³/mol. The highest BCUT2D eigenvalue weighted by Gasteiger charge is 2.26. The largest absolute Gasteiger partial charge is 0.337 e. The number of carbonyl (C=O) groups is 1. The van der Waals surface area contributed by atoms with E-state index in [1.807, 2.05) is 22.7 Å². The molecule has 21 heavy (non-hydrogen) atoms. The lowest BCUT2D eigenvalue weighted by molar-refractivity contribution is 0.142. The number of piperidine rings is 1. The number of amides is 2. The van der Waals surface area contributed by atoms with Crippen LogP contribution in [0.4, 0.5) is 4.79 Å². The van der Waals surface area contributed by atoms with Crippen LogP contribution in [-0.2, 0) is 13.6 Å². The molecule has 2 amide bonds. The highest BCUT2D eigenvalue weighted by molar-refractivity contribution is 5.74. The molecule has 1 atom stereocenters. The summed E-state index contributed by atoms with van der Waals surface area (Å²) in [7, 11) is 1.95. The average molecular weight is 292 g/mol. The van der Waals surface area contributed by atoms with Crippen molar-refractivity contribution in [2.75, 3.05) is 6.54 Å². The number of rotatable bonds is 5. The molecule has 5 heteroatoms. The molecule has 1 aromatic rings. The summed E-state index contributed by atoms with van der Waals surface area (Å²) in [6, 6.07) is 0.467. The quantitative estimate of drug-likeness (QED) is 0.907. The zero-order chi connectivity index (χ0) is 15.2. The molecule has 0 radical (unpaired) electrons. The number of nitrogens with zero attached hydrogens (tertiary/aromatic N) is 3. The molecular formula is C16H28N4O. The van der Waals surface area contributed by atoms with Gasteiger partial charge in [-0.15, -0.1) is 0 Å². The number of urea groups is 1. The first-order chi connectivity index (χ1) is 10.1. The molecule has 2 heterocycles. The molecule has 5 nitrogen and oxygen atoms in total. The van der Waals surface area contributed by atoms with E-state index in [0.29, 0.717) is 18.5 Å². The Bertz CT molecular complexity index is 455. The first kappa shape index (κ1) is 15.9. The average Bonchev–Trinajstić information content (AvgIpc) is 2.88. The van der Waals surface area contributed by atoms with Gasteiger partial charge in [0.2, 0.25) is 0 Å². The Morgan fingerprint density at radius 2 is 2.29 bits per heavy atom. The highest BCUT2D eigenvalue weighted by atomic mass is 16.2. The van der Waals surface area contributed by atoms with E-state index in [1.54, 1.807) is 6.20 Å². The van der Waals surface area contributed by atoms with Gasteiger partial charge in [-0.3, -0.25) is 0 Å². The zero-order valence-corrected chi connectivity index (χ0v) is 13.5. The Balaban J connectivity index is 1.87. The molecule has 0 aromatic carbocycles. The summed E-state index contributed by atoms with van der Waals surface area (Å²) in [5, 5.41) is 3.02. The predicted octanol–water partition coefficient (Wildman–Crippen LogP) is 2.92. The van der Waals surface area contributed by atoms with E-state index in [-0.39, 0.29) is 6.03 Å². The molecule has 0 saturated carbocycles. The molecule has 2 rings (SSSR count). The van der Waals surface area contributed by atoms with E-state index < -0.39 is 0 Å². The minimum atomic E-state index is 0.0615. The number of aryl methyl sites for hydroxylation is 1. The standard InChI is InChI=1S/C16H28N4O/c1-13(2)7-8-14-6-4-5-10-20(14)16(21)18-12-15-17-9-11-19(15)3/h9,11,13-14H,4-8,10,12H2,1-3H3,(H,18,21). The Morgan fingerprint density at radius 1 is 1.48 bits per heavy atom. The van der Waals surface area contributed by atoms with Crippen LogP contribution in [0.5, 0.6) is 0 Å². The van der Waals surface area contributed by atoms with Crippen LogP contribution in [0.25, 0.3) is 0 Å². The molecule has 118 valence electrons. The smallest absolute Gasteiger partial charge is 0.318 e. The molecule has 1 aliphatic rings. The zero-order valence-electron chi connectivity index (χ0n) is 13.5. The van der Waals surface area contributed by atoms with Crippen LogP contribution in [0.3, 0.4) is 0 Å². The normalized spacial score (nSPS) is 19.0. The van der Waals surface area contributed by atoms with Gasteiger partial charge in [-0.2, -0.15) is 0 Å². The van der Waals surface area contributed by atoms with E-state index in [9.17, 15) is 4.79 Å². The lowest BCUT2D eigenvalue weighted by atomic mass is 9.95. The molecule has 1 N–H and O–H groups in total. The van der Waals surface area contributed by atoms with Crippen molar-refractivity contribution in [1.29, 1.82) is 0 Å². The van der Waals surface area contributed by atoms with Crippen molar-refractivity contribution < 1.29 is 4.79 Å². The van der Waals surface area contributed by atoms with Gasteiger partial charge in [0.1, 0.15) is 5.82 Å². The van der Waals surface area contributed by atoms with Crippen LogP contribution >= 0.6 is 0 Å². The van der Waals surface area contributed by atoms with Gasteiger partial charge >= 0.3 is 6.03 Å². The minimum Gasteiger partial charge on any atom is -0.337 e. The first-order valence-corrected chi connectivity index (χ1v) is 8.08. The third-order valence-corrected chi connectivity index (χ3v) is 4.28. The van der Waals surface area contributed by atoms with Crippen molar-refractivity contribution in [2.45, 2.75) is 58.5 Å². The second-order valence-corrected chi connectivity index (χ2v) is 6.43. The van der Waals surface area contributed by atoms with Crippen LogP contribution in [0.15, 0.2) is 12.4 Å². The van der Waals surface area contributed by atoms with Crippen molar-refractivity contribution >= 4 is 6.03 Å². The maximum atomic E-state index is 12.4. The summed E-state index contributed by atoms with van der Waals surface area (Å²) in [6.45, 7) is 5.87. The van der Waals surface area contributed by atoms with Gasteiger partial charge in [-0.25, -0.2) is 9.78 Å². The molecule has 1 unspecified atom stereocenters. The summed E-state index contributed by atoms with van der Waals surface area (Å²) in [6.07, 6.45) is 9.46. The summed E-state index contributed by atoms with van der Waals surface area (Å²) >= 11 is 0. The Labute approximate surface area is 127 Å². The van der Waals surface area contributed by atoms with Crippen LogP contribution < -0.4 is 5.32 Å². The van der Waals surface area contributed by atoms with E-state index in [0.717, 1.165) is 31.6 Å². The second kappa shape index (κ2) is 7.48. The van der Waals surface area contributed by atoms with Crippen molar-refractivity contribution in [3.63, 3.8) is 0 Å².